The molecule has 0 aliphatic rings. The summed E-state index contributed by atoms with van der Waals surface area (Å²) in [5, 5.41) is 12.7. The molecular formula is C11H8ClN5. The van der Waals surface area contributed by atoms with Crippen LogP contribution >= 0.6 is 11.6 Å². The number of halogens is 1. The Labute approximate surface area is 102 Å². The fraction of sp³-hybridized carbons (Fsp3) is 0.0909. The molecule has 0 saturated heterocycles. The number of hydrogen-bond donors (Lipinski definition) is 0. The van der Waals surface area contributed by atoms with Gasteiger partial charge in [-0.15, -0.1) is 10.2 Å². The maximum absolute atomic E-state index is 5.94. The lowest BCUT2D eigenvalue weighted by molar-refractivity contribution is 0.859. The number of hydrogen-bond acceptors (Lipinski definition) is 4. The van der Waals surface area contributed by atoms with Gasteiger partial charge >= 0.3 is 0 Å². The zero-order chi connectivity index (χ0) is 11.8. The molecule has 84 valence electrons. The summed E-state index contributed by atoms with van der Waals surface area (Å²) >= 11 is 5.94. The Bertz CT molecular complexity index is 691. The second-order valence-electron chi connectivity index (χ2n) is 3.61. The normalized spacial score (nSPS) is 10.9. The Morgan fingerprint density at radius 1 is 1.24 bits per heavy atom. The molecule has 3 rings (SSSR count). The highest BCUT2D eigenvalue weighted by Crippen LogP contribution is 2.20. The summed E-state index contributed by atoms with van der Waals surface area (Å²) in [5.74, 6) is 1.20. The Hall–Kier alpha value is -2.01. The molecule has 1 aromatic carbocycles. The first-order valence-electron chi connectivity index (χ1n) is 5.05. The van der Waals surface area contributed by atoms with Gasteiger partial charge in [0.1, 0.15) is 0 Å². The van der Waals surface area contributed by atoms with Gasteiger partial charge in [-0.05, 0) is 19.1 Å². The Morgan fingerprint density at radius 2 is 2.12 bits per heavy atom. The largest absolute Gasteiger partial charge is 0.272 e. The molecule has 0 radical (unpaired) electrons. The van der Waals surface area contributed by atoms with Gasteiger partial charge in [-0.1, -0.05) is 23.7 Å². The van der Waals surface area contributed by atoms with Crippen molar-refractivity contribution in [3.8, 4) is 11.3 Å². The summed E-state index contributed by atoms with van der Waals surface area (Å²) in [6, 6.07) is 7.46. The molecule has 5 nitrogen and oxygen atoms in total. The summed E-state index contributed by atoms with van der Waals surface area (Å²) in [5.41, 5.74) is 1.64. The van der Waals surface area contributed by atoms with E-state index in [0.29, 0.717) is 16.6 Å². The molecule has 0 saturated carbocycles. The average Bonchev–Trinajstić information content (AvgIpc) is 2.71. The van der Waals surface area contributed by atoms with Crippen molar-refractivity contribution in [1.82, 2.24) is 24.8 Å². The molecule has 0 aliphatic carbocycles. The smallest absolute Gasteiger partial charge is 0.208 e. The number of rotatable bonds is 1. The molecule has 0 unspecified atom stereocenters. The molecule has 0 fully saturated rings. The van der Waals surface area contributed by atoms with Crippen molar-refractivity contribution < 1.29 is 0 Å². The SMILES string of the molecule is Cc1nnc2nc(-c3cccc(Cl)c3)cnn12. The molecule has 2 aromatic heterocycles. The maximum Gasteiger partial charge on any atom is 0.272 e. The first-order chi connectivity index (χ1) is 8.24. The van der Waals surface area contributed by atoms with E-state index in [1.165, 1.54) is 0 Å². The van der Waals surface area contributed by atoms with Crippen molar-refractivity contribution in [2.75, 3.05) is 0 Å². The zero-order valence-electron chi connectivity index (χ0n) is 9.00. The molecule has 0 atom stereocenters. The van der Waals surface area contributed by atoms with Crippen LogP contribution in [0.15, 0.2) is 30.5 Å². The van der Waals surface area contributed by atoms with E-state index >= 15 is 0 Å². The molecule has 0 N–H and O–H groups in total. The lowest BCUT2D eigenvalue weighted by Gasteiger charge is -2.00. The third kappa shape index (κ3) is 1.74. The third-order valence-corrected chi connectivity index (χ3v) is 2.65. The van der Waals surface area contributed by atoms with Crippen LogP contribution in [0.25, 0.3) is 17.0 Å². The van der Waals surface area contributed by atoms with Crippen molar-refractivity contribution in [3.63, 3.8) is 0 Å². The van der Waals surface area contributed by atoms with Crippen LogP contribution in [0.1, 0.15) is 5.82 Å². The van der Waals surface area contributed by atoms with Crippen LogP contribution in [0.5, 0.6) is 0 Å². The van der Waals surface area contributed by atoms with E-state index < -0.39 is 0 Å². The fourth-order valence-corrected chi connectivity index (χ4v) is 1.78. The van der Waals surface area contributed by atoms with Gasteiger partial charge in [0.15, 0.2) is 5.82 Å². The first kappa shape index (κ1) is 10.2. The number of aryl methyl sites for hydroxylation is 1. The predicted octanol–water partition coefficient (Wildman–Crippen LogP) is 2.15. The van der Waals surface area contributed by atoms with E-state index in [1.54, 1.807) is 10.7 Å². The highest BCUT2D eigenvalue weighted by atomic mass is 35.5. The van der Waals surface area contributed by atoms with Crippen LogP contribution in [0.3, 0.4) is 0 Å². The van der Waals surface area contributed by atoms with E-state index in [0.717, 1.165) is 11.3 Å². The number of nitrogens with zero attached hydrogens (tertiary/aromatic N) is 5. The molecule has 0 aliphatic heterocycles. The van der Waals surface area contributed by atoms with Gasteiger partial charge in [0.2, 0.25) is 0 Å². The van der Waals surface area contributed by atoms with E-state index in [9.17, 15) is 0 Å². The Balaban J connectivity index is 2.18. The van der Waals surface area contributed by atoms with Crippen LogP contribution in [-0.2, 0) is 0 Å². The highest BCUT2D eigenvalue weighted by molar-refractivity contribution is 6.30. The first-order valence-corrected chi connectivity index (χ1v) is 5.43. The van der Waals surface area contributed by atoms with E-state index in [4.69, 9.17) is 11.6 Å². The molecule has 0 spiro atoms. The minimum atomic E-state index is 0.486. The fourth-order valence-electron chi connectivity index (χ4n) is 1.59. The van der Waals surface area contributed by atoms with Crippen molar-refractivity contribution >= 4 is 17.4 Å². The average molecular weight is 246 g/mol. The number of benzene rings is 1. The number of aromatic nitrogens is 5. The van der Waals surface area contributed by atoms with Crippen molar-refractivity contribution in [3.05, 3.63) is 41.3 Å². The van der Waals surface area contributed by atoms with Gasteiger partial charge in [-0.2, -0.15) is 9.61 Å². The van der Waals surface area contributed by atoms with Crippen molar-refractivity contribution in [2.24, 2.45) is 0 Å². The minimum Gasteiger partial charge on any atom is -0.208 e. The highest BCUT2D eigenvalue weighted by Gasteiger charge is 2.06. The van der Waals surface area contributed by atoms with Crippen molar-refractivity contribution in [2.45, 2.75) is 6.92 Å². The topological polar surface area (TPSA) is 56.0 Å². The molecule has 0 bridgehead atoms. The summed E-state index contributed by atoms with van der Waals surface area (Å²) in [6.45, 7) is 1.83. The zero-order valence-corrected chi connectivity index (χ0v) is 9.76. The molecule has 17 heavy (non-hydrogen) atoms. The van der Waals surface area contributed by atoms with Gasteiger partial charge in [0, 0.05) is 10.6 Å². The molecular weight excluding hydrogens is 238 g/mol. The van der Waals surface area contributed by atoms with Gasteiger partial charge in [-0.25, -0.2) is 4.98 Å². The van der Waals surface area contributed by atoms with Gasteiger partial charge < -0.3 is 0 Å². The summed E-state index contributed by atoms with van der Waals surface area (Å²) in [4.78, 5) is 4.38. The summed E-state index contributed by atoms with van der Waals surface area (Å²) in [6.07, 6.45) is 1.68. The minimum absolute atomic E-state index is 0.486. The second kappa shape index (κ2) is 3.78. The maximum atomic E-state index is 5.94. The van der Waals surface area contributed by atoms with Crippen molar-refractivity contribution in [1.29, 1.82) is 0 Å². The molecule has 6 heteroatoms. The van der Waals surface area contributed by atoms with E-state index in [2.05, 4.69) is 20.3 Å². The molecule has 3 aromatic rings. The second-order valence-corrected chi connectivity index (χ2v) is 4.05. The van der Waals surface area contributed by atoms with Gasteiger partial charge in [-0.3, -0.25) is 0 Å². The van der Waals surface area contributed by atoms with Gasteiger partial charge in [0.05, 0.1) is 11.9 Å². The third-order valence-electron chi connectivity index (χ3n) is 2.42. The van der Waals surface area contributed by atoms with Crippen LogP contribution in [0.2, 0.25) is 5.02 Å². The molecule has 2 heterocycles. The standard InChI is InChI=1S/C11H8ClN5/c1-7-15-16-11-14-10(6-13-17(7)11)8-3-2-4-9(12)5-8/h2-6H,1H3. The number of fused-ring (bicyclic) bond motifs is 1. The van der Waals surface area contributed by atoms with Crippen LogP contribution in [0.4, 0.5) is 0 Å². The quantitative estimate of drug-likeness (QED) is 0.659. The molecule has 0 amide bonds. The van der Waals surface area contributed by atoms with Crippen LogP contribution < -0.4 is 0 Å². The predicted molar refractivity (Wildman–Crippen MR) is 63.8 cm³/mol. The lowest BCUT2D eigenvalue weighted by atomic mass is 10.2. The van der Waals surface area contributed by atoms with Crippen LogP contribution in [-0.4, -0.2) is 24.8 Å². The lowest BCUT2D eigenvalue weighted by Crippen LogP contribution is -1.97. The summed E-state index contributed by atoms with van der Waals surface area (Å²) < 4.78 is 1.59. The Morgan fingerprint density at radius 3 is 2.94 bits per heavy atom. The van der Waals surface area contributed by atoms with Crippen LogP contribution in [0, 0.1) is 6.92 Å². The van der Waals surface area contributed by atoms with E-state index in [1.807, 2.05) is 31.2 Å². The summed E-state index contributed by atoms with van der Waals surface area (Å²) in [7, 11) is 0. The Kier molecular flexibility index (Phi) is 2.26. The van der Waals surface area contributed by atoms with E-state index in [-0.39, 0.29) is 0 Å². The monoisotopic (exact) mass is 245 g/mol. The van der Waals surface area contributed by atoms with Gasteiger partial charge in [0.25, 0.3) is 5.78 Å².